The molecule has 0 unspecified atom stereocenters. The second kappa shape index (κ2) is 11.3. The zero-order chi connectivity index (χ0) is 27.1. The number of hydrogen-bond acceptors (Lipinski definition) is 8. The van der Waals surface area contributed by atoms with Crippen molar-refractivity contribution in [2.45, 2.75) is 66.2 Å². The summed E-state index contributed by atoms with van der Waals surface area (Å²) in [5.74, 6) is 0. The Balaban J connectivity index is 0.000000434. The highest BCUT2D eigenvalue weighted by atomic mass is 16.7. The van der Waals surface area contributed by atoms with Crippen molar-refractivity contribution >= 4 is 24.0 Å². The van der Waals surface area contributed by atoms with Gasteiger partial charge in [0.15, 0.2) is 0 Å². The minimum absolute atomic E-state index is 0.138. The molecule has 13 heteroatoms. The molecule has 2 aromatic rings. The Labute approximate surface area is 202 Å². The maximum Gasteiger partial charge on any atom is 0.509 e. The van der Waals surface area contributed by atoms with Gasteiger partial charge in [-0.2, -0.15) is 5.10 Å². The molecule has 1 aromatic carbocycles. The van der Waals surface area contributed by atoms with E-state index in [2.05, 4.69) is 5.10 Å². The van der Waals surface area contributed by atoms with E-state index >= 15 is 0 Å². The van der Waals surface area contributed by atoms with Crippen molar-refractivity contribution in [3.05, 3.63) is 51.8 Å². The summed E-state index contributed by atoms with van der Waals surface area (Å²) < 4.78 is 11.3. The number of non-ortho nitro benzene ring substituents is 1. The molecule has 0 spiro atoms. The predicted octanol–water partition coefficient (Wildman–Crippen LogP) is 4.98. The number of ether oxygens (including phenoxy) is 2. The summed E-state index contributed by atoms with van der Waals surface area (Å²) in [6.07, 6.45) is -0.776. The molecule has 0 fully saturated rings. The molecule has 0 radical (unpaired) electrons. The lowest BCUT2D eigenvalue weighted by atomic mass is 10.1. The summed E-state index contributed by atoms with van der Waals surface area (Å²) in [5, 5.41) is 32.8. The van der Waals surface area contributed by atoms with Gasteiger partial charge in [-0.3, -0.25) is 10.1 Å². The van der Waals surface area contributed by atoms with Gasteiger partial charge in [-0.05, 0) is 60.1 Å². The van der Waals surface area contributed by atoms with E-state index < -0.39 is 41.0 Å². The predicted molar refractivity (Wildman–Crippen MR) is 124 cm³/mol. The molecule has 0 aliphatic carbocycles. The number of aromatic nitrogens is 2. The molecule has 0 bridgehead atoms. The first-order chi connectivity index (χ1) is 15.9. The van der Waals surface area contributed by atoms with Crippen LogP contribution in [0.25, 0.3) is 5.69 Å². The maximum atomic E-state index is 11.0. The lowest BCUT2D eigenvalue weighted by Crippen LogP contribution is -2.34. The van der Waals surface area contributed by atoms with E-state index in [4.69, 9.17) is 19.7 Å². The molecule has 0 aliphatic rings. The number of hydrogen-bond donors (Lipinski definition) is 2. The quantitative estimate of drug-likeness (QED) is 0.335. The summed E-state index contributed by atoms with van der Waals surface area (Å²) >= 11 is 0. The molecule has 13 nitrogen and oxygen atoms in total. The normalized spacial score (nSPS) is 11.1. The highest BCUT2D eigenvalue weighted by molar-refractivity contribution is 5.85. The highest BCUT2D eigenvalue weighted by Crippen LogP contribution is 2.23. The molecule has 0 atom stereocenters. The average Bonchev–Trinajstić information content (AvgIpc) is 3.08. The number of rotatable bonds is 4. The van der Waals surface area contributed by atoms with Crippen LogP contribution in [-0.2, 0) is 16.0 Å². The zero-order valence-corrected chi connectivity index (χ0v) is 20.6. The van der Waals surface area contributed by atoms with Crippen molar-refractivity contribution in [2.24, 2.45) is 0 Å². The summed E-state index contributed by atoms with van der Waals surface area (Å²) in [5.41, 5.74) is 0.0827. The van der Waals surface area contributed by atoms with Crippen LogP contribution in [-0.4, -0.2) is 59.4 Å². The largest absolute Gasteiger partial charge is 0.509 e. The molecule has 0 aliphatic heterocycles. The highest BCUT2D eigenvalue weighted by Gasteiger charge is 2.24. The van der Waals surface area contributed by atoms with E-state index in [0.29, 0.717) is 5.69 Å². The van der Waals surface area contributed by atoms with Crippen molar-refractivity contribution in [3.8, 4) is 5.69 Å². The molecular formula is C22H30N4O9. The first kappa shape index (κ1) is 28.9. The van der Waals surface area contributed by atoms with Crippen LogP contribution in [0, 0.1) is 17.0 Å². The number of benzene rings is 1. The van der Waals surface area contributed by atoms with Crippen LogP contribution in [0.3, 0.4) is 0 Å². The molecule has 0 saturated heterocycles. The third-order valence-corrected chi connectivity index (χ3v) is 3.80. The van der Waals surface area contributed by atoms with Crippen molar-refractivity contribution in [2.75, 3.05) is 0 Å². The van der Waals surface area contributed by atoms with Gasteiger partial charge in [-0.1, -0.05) is 0 Å². The minimum atomic E-state index is -1.67. The van der Waals surface area contributed by atoms with Gasteiger partial charge in [0.2, 0.25) is 0 Å². The fourth-order valence-electron chi connectivity index (χ4n) is 2.49. The molecule has 1 heterocycles. The molecule has 2 N–H and O–H groups in total. The van der Waals surface area contributed by atoms with Crippen LogP contribution in [0.5, 0.6) is 0 Å². The maximum absolute atomic E-state index is 11.0. The van der Waals surface area contributed by atoms with Crippen LogP contribution in [0.2, 0.25) is 0 Å². The summed E-state index contributed by atoms with van der Waals surface area (Å²) in [6.45, 7) is 12.0. The second-order valence-corrected chi connectivity index (χ2v) is 9.36. The summed E-state index contributed by atoms with van der Waals surface area (Å²) in [6, 6.07) is 3.76. The van der Waals surface area contributed by atoms with Gasteiger partial charge in [0.25, 0.3) is 5.69 Å². The number of nitro groups is 1. The third kappa shape index (κ3) is 10.1. The van der Waals surface area contributed by atoms with Crippen LogP contribution in [0.1, 0.15) is 52.7 Å². The first-order valence-electron chi connectivity index (χ1n) is 10.3. The van der Waals surface area contributed by atoms with Crippen molar-refractivity contribution in [1.29, 1.82) is 0 Å². The Morgan fingerprint density at radius 2 is 1.57 bits per heavy atom. The van der Waals surface area contributed by atoms with E-state index in [0.717, 1.165) is 11.6 Å². The smallest absolute Gasteiger partial charge is 0.465 e. The van der Waals surface area contributed by atoms with Gasteiger partial charge >= 0.3 is 18.3 Å². The Morgan fingerprint density at radius 3 is 1.94 bits per heavy atom. The number of aryl methyl sites for hydroxylation is 1. The molecule has 2 rings (SSSR count). The lowest BCUT2D eigenvalue weighted by Gasteiger charge is -2.24. The van der Waals surface area contributed by atoms with E-state index in [1.165, 1.54) is 16.8 Å². The fraction of sp³-hybridized carbons (Fsp3) is 0.455. The molecular weight excluding hydrogens is 464 g/mol. The van der Waals surface area contributed by atoms with E-state index in [-0.39, 0.29) is 16.2 Å². The summed E-state index contributed by atoms with van der Waals surface area (Å²) in [4.78, 5) is 43.4. The van der Waals surface area contributed by atoms with Crippen LogP contribution in [0.4, 0.5) is 20.1 Å². The van der Waals surface area contributed by atoms with E-state index in [9.17, 15) is 24.5 Å². The number of carbonyl (C=O) groups excluding carboxylic acids is 1. The monoisotopic (exact) mass is 494 g/mol. The standard InChI is InChI=1S/C13H12N4O6.C9H18O3/c1-8-5-14-16(6-8)11-3-2-10(17(22)23)4-9(11)7-15(12(18)19)13(20)21;1-8(2,3)11-7(10)12-9(4,5)6/h2-6H,7H2,1H3,(H,18,19)(H,20,21);1-6H3. The van der Waals surface area contributed by atoms with Gasteiger partial charge < -0.3 is 19.7 Å². The second-order valence-electron chi connectivity index (χ2n) is 9.36. The minimum Gasteiger partial charge on any atom is -0.465 e. The molecule has 35 heavy (non-hydrogen) atoms. The van der Waals surface area contributed by atoms with Gasteiger partial charge in [0.05, 0.1) is 23.4 Å². The number of amides is 2. The van der Waals surface area contributed by atoms with Crippen LogP contribution in [0.15, 0.2) is 30.6 Å². The van der Waals surface area contributed by atoms with Crippen molar-refractivity contribution < 1.29 is 39.0 Å². The SMILES string of the molecule is CC(C)(C)OC(=O)OC(C)(C)C.Cc1cnn(-c2ccc([N+](=O)[O-])cc2CN(C(=O)O)C(=O)O)c1. The Kier molecular flexibility index (Phi) is 9.33. The number of nitrogens with zero attached hydrogens (tertiary/aromatic N) is 4. The molecule has 1 aromatic heterocycles. The lowest BCUT2D eigenvalue weighted by molar-refractivity contribution is -0.384. The van der Waals surface area contributed by atoms with Crippen molar-refractivity contribution in [3.63, 3.8) is 0 Å². The first-order valence-corrected chi connectivity index (χ1v) is 10.3. The Hall–Kier alpha value is -4.16. The average molecular weight is 495 g/mol. The molecule has 192 valence electrons. The fourth-order valence-corrected chi connectivity index (χ4v) is 2.49. The van der Waals surface area contributed by atoms with E-state index in [1.807, 2.05) is 0 Å². The zero-order valence-electron chi connectivity index (χ0n) is 20.6. The van der Waals surface area contributed by atoms with Crippen molar-refractivity contribution in [1.82, 2.24) is 14.7 Å². The number of imide groups is 1. The summed E-state index contributed by atoms with van der Waals surface area (Å²) in [7, 11) is 0. The van der Waals surface area contributed by atoms with Gasteiger partial charge in [0.1, 0.15) is 11.2 Å². The van der Waals surface area contributed by atoms with Gasteiger partial charge in [0, 0.05) is 23.9 Å². The molecule has 2 amide bonds. The van der Waals surface area contributed by atoms with Gasteiger partial charge in [-0.25, -0.2) is 24.0 Å². The van der Waals surface area contributed by atoms with Crippen LogP contribution < -0.4 is 0 Å². The van der Waals surface area contributed by atoms with Crippen LogP contribution >= 0.6 is 0 Å². The Morgan fingerprint density at radius 1 is 1.06 bits per heavy atom. The number of carboxylic acid groups (broad SMARTS) is 2. The third-order valence-electron chi connectivity index (χ3n) is 3.80. The molecule has 0 saturated carbocycles. The number of carbonyl (C=O) groups is 3. The topological polar surface area (TPSA) is 174 Å². The van der Waals surface area contributed by atoms with Gasteiger partial charge in [-0.15, -0.1) is 0 Å². The Bertz CT molecular complexity index is 1050. The number of nitro benzene ring substituents is 1. The van der Waals surface area contributed by atoms with E-state index in [1.54, 1.807) is 60.9 Å².